The van der Waals surface area contributed by atoms with Crippen molar-refractivity contribution in [2.45, 2.75) is 24.3 Å². The first-order valence-corrected chi connectivity index (χ1v) is 6.04. The van der Waals surface area contributed by atoms with Gasteiger partial charge in [-0.1, -0.05) is 0 Å². The molecule has 0 bridgehead atoms. The summed E-state index contributed by atoms with van der Waals surface area (Å²) in [7, 11) is 0. The molecule has 6 heteroatoms. The Kier molecular flexibility index (Phi) is 3.61. The number of alkyl halides is 1. The Morgan fingerprint density at radius 1 is 1.50 bits per heavy atom. The van der Waals surface area contributed by atoms with Crippen LogP contribution in [0.4, 0.5) is 9.18 Å². The molecule has 0 saturated heterocycles. The van der Waals surface area contributed by atoms with Crippen molar-refractivity contribution >= 4 is 17.7 Å². The van der Waals surface area contributed by atoms with Crippen molar-refractivity contribution in [2.75, 3.05) is 6.61 Å². The van der Waals surface area contributed by atoms with E-state index in [1.54, 1.807) is 0 Å². The molecule has 1 fully saturated rings. The van der Waals surface area contributed by atoms with Gasteiger partial charge in [-0.05, 0) is 31.0 Å². The molecule has 1 aliphatic carbocycles. The third kappa shape index (κ3) is 3.04. The molecule has 2 N–H and O–H groups in total. The maximum absolute atomic E-state index is 13.0. The van der Waals surface area contributed by atoms with Gasteiger partial charge >= 0.3 is 6.09 Å². The number of carbonyl (C=O) groups excluding carboxylic acids is 1. The Bertz CT molecular complexity index is 463. The first-order valence-electron chi connectivity index (χ1n) is 5.50. The summed E-state index contributed by atoms with van der Waals surface area (Å²) in [4.78, 5) is 10.7. The minimum Gasteiger partial charge on any atom is -0.489 e. The smallest absolute Gasteiger partial charge is 0.405 e. The highest BCUT2D eigenvalue weighted by molar-refractivity contribution is 6.17. The second-order valence-electron chi connectivity index (χ2n) is 4.28. The van der Waals surface area contributed by atoms with E-state index in [1.807, 2.05) is 0 Å². The lowest BCUT2D eigenvalue weighted by Gasteiger charge is -2.17. The van der Waals surface area contributed by atoms with Gasteiger partial charge in [0.25, 0.3) is 0 Å². The number of hydrogen-bond donors (Lipinski definition) is 1. The number of ether oxygens (including phenoxy) is 2. The predicted molar refractivity (Wildman–Crippen MR) is 64.1 cm³/mol. The second kappa shape index (κ2) is 5.02. The first kappa shape index (κ1) is 13.0. The average Bonchev–Trinajstić information content (AvgIpc) is 3.06. The van der Waals surface area contributed by atoms with E-state index in [-0.39, 0.29) is 18.3 Å². The van der Waals surface area contributed by atoms with E-state index in [0.717, 1.165) is 0 Å². The molecule has 0 spiro atoms. The number of rotatable bonds is 5. The average molecular weight is 274 g/mol. The normalized spacial score (nSPS) is 16.1. The maximum Gasteiger partial charge on any atom is 0.405 e. The Labute approximate surface area is 109 Å². The Hall–Kier alpha value is -1.49. The van der Waals surface area contributed by atoms with E-state index in [0.29, 0.717) is 24.2 Å². The van der Waals surface area contributed by atoms with Crippen molar-refractivity contribution in [2.24, 2.45) is 5.73 Å². The summed E-state index contributed by atoms with van der Waals surface area (Å²) in [6.07, 6.45) is 0.619. The van der Waals surface area contributed by atoms with E-state index in [9.17, 15) is 9.18 Å². The van der Waals surface area contributed by atoms with Gasteiger partial charge in [-0.25, -0.2) is 9.18 Å². The third-order valence-electron chi connectivity index (χ3n) is 2.78. The number of benzene rings is 1. The maximum atomic E-state index is 13.0. The van der Waals surface area contributed by atoms with Gasteiger partial charge in [0, 0.05) is 5.56 Å². The van der Waals surface area contributed by atoms with Crippen molar-refractivity contribution in [3.05, 3.63) is 29.6 Å². The first-order chi connectivity index (χ1) is 8.54. The van der Waals surface area contributed by atoms with Crippen LogP contribution in [0.3, 0.4) is 0 Å². The molecule has 0 aromatic heterocycles. The minimum atomic E-state index is -0.812. The summed E-state index contributed by atoms with van der Waals surface area (Å²) in [5.74, 6) is 0.273. The molecule has 0 radical (unpaired) electrons. The van der Waals surface area contributed by atoms with Crippen molar-refractivity contribution in [3.8, 4) is 5.75 Å². The fourth-order valence-electron chi connectivity index (χ4n) is 1.63. The molecule has 4 nitrogen and oxygen atoms in total. The molecule has 1 amide bonds. The van der Waals surface area contributed by atoms with Crippen LogP contribution in [0.1, 0.15) is 18.4 Å². The molecule has 0 heterocycles. The highest BCUT2D eigenvalue weighted by atomic mass is 35.5. The Morgan fingerprint density at radius 2 is 2.22 bits per heavy atom. The van der Waals surface area contributed by atoms with Gasteiger partial charge in [0.05, 0.1) is 5.88 Å². The van der Waals surface area contributed by atoms with Crippen molar-refractivity contribution in [3.63, 3.8) is 0 Å². The van der Waals surface area contributed by atoms with Crippen LogP contribution < -0.4 is 10.5 Å². The molecule has 2 rings (SSSR count). The number of amides is 1. The summed E-state index contributed by atoms with van der Waals surface area (Å²) < 4.78 is 23.5. The zero-order valence-electron chi connectivity index (χ0n) is 9.62. The molecule has 1 aliphatic rings. The van der Waals surface area contributed by atoms with Gasteiger partial charge in [-0.2, -0.15) is 0 Å². The number of nitrogens with two attached hydrogens (primary N) is 1. The lowest BCUT2D eigenvalue weighted by molar-refractivity contribution is 0.0544. The quantitative estimate of drug-likeness (QED) is 0.839. The fourth-order valence-corrected chi connectivity index (χ4v) is 1.84. The molecule has 0 atom stereocenters. The number of hydrogen-bond acceptors (Lipinski definition) is 3. The van der Waals surface area contributed by atoms with E-state index in [2.05, 4.69) is 0 Å². The zero-order chi connectivity index (χ0) is 13.2. The highest BCUT2D eigenvalue weighted by Crippen LogP contribution is 2.40. The van der Waals surface area contributed by atoms with Crippen LogP contribution in [-0.4, -0.2) is 18.3 Å². The summed E-state index contributed by atoms with van der Waals surface area (Å²) in [6, 6.07) is 4.12. The van der Waals surface area contributed by atoms with Crippen LogP contribution in [0.5, 0.6) is 5.75 Å². The van der Waals surface area contributed by atoms with Crippen LogP contribution in [0, 0.1) is 5.82 Å². The van der Waals surface area contributed by atoms with E-state index >= 15 is 0 Å². The Morgan fingerprint density at radius 3 is 2.78 bits per heavy atom. The minimum absolute atomic E-state index is 0.150. The molecule has 1 aromatic carbocycles. The largest absolute Gasteiger partial charge is 0.489 e. The van der Waals surface area contributed by atoms with Gasteiger partial charge in [0.15, 0.2) is 0 Å². The fraction of sp³-hybridized carbons (Fsp3) is 0.417. The van der Waals surface area contributed by atoms with Crippen LogP contribution in [-0.2, 0) is 10.6 Å². The summed E-state index contributed by atoms with van der Waals surface area (Å²) in [5, 5.41) is 0. The van der Waals surface area contributed by atoms with Crippen LogP contribution in [0.2, 0.25) is 0 Å². The van der Waals surface area contributed by atoms with Crippen LogP contribution in [0.25, 0.3) is 0 Å². The lowest BCUT2D eigenvalue weighted by Crippen LogP contribution is -2.29. The van der Waals surface area contributed by atoms with Crippen molar-refractivity contribution in [1.29, 1.82) is 0 Å². The SMILES string of the molecule is NC(=O)OC1(COc2ccc(F)cc2CCl)CC1. The molecular formula is C12H13ClFNO3. The molecule has 1 saturated carbocycles. The highest BCUT2D eigenvalue weighted by Gasteiger charge is 2.47. The summed E-state index contributed by atoms with van der Waals surface area (Å²) in [5.41, 5.74) is 4.92. The number of halogens is 2. The van der Waals surface area contributed by atoms with Crippen LogP contribution >= 0.6 is 11.6 Å². The zero-order valence-corrected chi connectivity index (χ0v) is 10.4. The van der Waals surface area contributed by atoms with E-state index < -0.39 is 11.7 Å². The molecule has 1 aromatic rings. The number of carbonyl (C=O) groups is 1. The predicted octanol–water partition coefficient (Wildman–Crippen LogP) is 2.57. The number of primary amides is 1. The van der Waals surface area contributed by atoms with Crippen LogP contribution in [0.15, 0.2) is 18.2 Å². The molecule has 0 aliphatic heterocycles. The third-order valence-corrected chi connectivity index (χ3v) is 3.07. The van der Waals surface area contributed by atoms with Gasteiger partial charge in [-0.15, -0.1) is 11.6 Å². The van der Waals surface area contributed by atoms with E-state index in [4.69, 9.17) is 26.8 Å². The molecular weight excluding hydrogens is 261 g/mol. The lowest BCUT2D eigenvalue weighted by atomic mass is 10.2. The summed E-state index contributed by atoms with van der Waals surface area (Å²) >= 11 is 5.70. The molecule has 0 unspecified atom stereocenters. The molecule has 18 heavy (non-hydrogen) atoms. The van der Waals surface area contributed by atoms with Gasteiger partial charge in [-0.3, -0.25) is 0 Å². The monoisotopic (exact) mass is 273 g/mol. The Balaban J connectivity index is 2.00. The molecule has 98 valence electrons. The van der Waals surface area contributed by atoms with Crippen molar-refractivity contribution in [1.82, 2.24) is 0 Å². The standard InChI is InChI=1S/C12H13ClFNO3/c13-6-8-5-9(14)1-2-10(8)17-7-12(3-4-12)18-11(15)16/h1-2,5H,3-4,6-7H2,(H2,15,16). The topological polar surface area (TPSA) is 61.6 Å². The van der Waals surface area contributed by atoms with Gasteiger partial charge in [0.2, 0.25) is 0 Å². The van der Waals surface area contributed by atoms with Crippen molar-refractivity contribution < 1.29 is 18.7 Å². The van der Waals surface area contributed by atoms with Gasteiger partial charge in [0.1, 0.15) is 23.8 Å². The summed E-state index contributed by atoms with van der Waals surface area (Å²) in [6.45, 7) is 0.200. The van der Waals surface area contributed by atoms with E-state index in [1.165, 1.54) is 18.2 Å². The second-order valence-corrected chi connectivity index (χ2v) is 4.55. The van der Waals surface area contributed by atoms with Gasteiger partial charge < -0.3 is 15.2 Å².